The molecule has 1 amide bonds. The Hall–Kier alpha value is -1.10. The van der Waals surface area contributed by atoms with E-state index in [1.165, 1.54) is 4.90 Å². The minimum atomic E-state index is -1.02. The van der Waals surface area contributed by atoms with Crippen molar-refractivity contribution in [1.82, 2.24) is 9.80 Å². The zero-order valence-corrected chi connectivity index (χ0v) is 14.6. The fourth-order valence-electron chi connectivity index (χ4n) is 1.40. The van der Waals surface area contributed by atoms with Gasteiger partial charge in [-0.3, -0.25) is 9.69 Å². The summed E-state index contributed by atoms with van der Waals surface area (Å²) in [6, 6.07) is 0. The van der Waals surface area contributed by atoms with Gasteiger partial charge in [-0.25, -0.2) is 4.79 Å². The van der Waals surface area contributed by atoms with E-state index in [1.54, 1.807) is 20.9 Å². The molecule has 0 saturated carbocycles. The Bertz CT molecular complexity index is 379. The van der Waals surface area contributed by atoms with Crippen LogP contribution < -0.4 is 0 Å². The van der Waals surface area contributed by atoms with E-state index in [2.05, 4.69) is 0 Å². The molecular weight excluding hydrogens is 256 g/mol. The molecule has 0 aromatic carbocycles. The third-order valence-corrected chi connectivity index (χ3v) is 3.68. The quantitative estimate of drug-likeness (QED) is 0.741. The molecule has 0 fully saturated rings. The molecule has 5 heteroatoms. The molecule has 118 valence electrons. The van der Waals surface area contributed by atoms with Gasteiger partial charge in [0, 0.05) is 7.05 Å². The topological polar surface area (TPSA) is 49.9 Å². The van der Waals surface area contributed by atoms with Crippen LogP contribution in [0, 0.1) is 0 Å². The van der Waals surface area contributed by atoms with Crippen LogP contribution in [0.15, 0.2) is 0 Å². The summed E-state index contributed by atoms with van der Waals surface area (Å²) in [5.41, 5.74) is -2.28. The van der Waals surface area contributed by atoms with Crippen LogP contribution in [0.1, 0.15) is 48.5 Å². The normalized spacial score (nSPS) is 13.3. The van der Waals surface area contributed by atoms with Gasteiger partial charge in [0.25, 0.3) is 0 Å². The number of hydrogen-bond donors (Lipinski definition) is 0. The van der Waals surface area contributed by atoms with Crippen molar-refractivity contribution in [3.63, 3.8) is 0 Å². The number of esters is 1. The van der Waals surface area contributed by atoms with Gasteiger partial charge in [0.2, 0.25) is 5.91 Å². The van der Waals surface area contributed by atoms with Crippen LogP contribution in [-0.4, -0.2) is 59.5 Å². The predicted octanol–water partition coefficient (Wildman–Crippen LogP) is 1.91. The maximum Gasteiger partial charge on any atom is 0.331 e. The van der Waals surface area contributed by atoms with E-state index in [-0.39, 0.29) is 5.91 Å². The molecule has 0 N–H and O–H groups in total. The van der Waals surface area contributed by atoms with E-state index in [1.807, 2.05) is 53.6 Å². The zero-order chi connectivity index (χ0) is 16.5. The molecule has 0 bridgehead atoms. The number of ether oxygens (including phenoxy) is 1. The third kappa shape index (κ3) is 4.20. The molecule has 20 heavy (non-hydrogen) atoms. The molecule has 0 aromatic rings. The molecule has 0 heterocycles. The summed E-state index contributed by atoms with van der Waals surface area (Å²) in [5.74, 6) is -0.534. The largest absolute Gasteiger partial charge is 0.458 e. The molecule has 0 aromatic heterocycles. The van der Waals surface area contributed by atoms with Gasteiger partial charge in [-0.15, -0.1) is 0 Å². The van der Waals surface area contributed by atoms with Crippen LogP contribution >= 0.6 is 0 Å². The SMILES string of the molecule is CN(C)C(C)(C)C(=O)N(C)C(C)(C)C(=O)OC(C)(C)C. The van der Waals surface area contributed by atoms with Crippen molar-refractivity contribution in [2.45, 2.75) is 65.1 Å². The van der Waals surface area contributed by atoms with Gasteiger partial charge >= 0.3 is 5.97 Å². The number of amides is 1. The van der Waals surface area contributed by atoms with Gasteiger partial charge < -0.3 is 9.64 Å². The number of likely N-dealkylation sites (N-methyl/N-ethyl adjacent to an activating group) is 2. The Morgan fingerprint density at radius 3 is 1.50 bits per heavy atom. The second-order valence-electron chi connectivity index (χ2n) is 7.38. The van der Waals surface area contributed by atoms with Crippen LogP contribution in [0.2, 0.25) is 0 Å². The van der Waals surface area contributed by atoms with E-state index < -0.39 is 22.6 Å². The molecule has 0 aliphatic heterocycles. The van der Waals surface area contributed by atoms with Crippen LogP contribution in [0.3, 0.4) is 0 Å². The molecule has 0 unspecified atom stereocenters. The Labute approximate surface area is 123 Å². The van der Waals surface area contributed by atoms with E-state index in [9.17, 15) is 9.59 Å². The first-order valence-corrected chi connectivity index (χ1v) is 6.83. The number of carbonyl (C=O) groups excluding carboxylic acids is 2. The number of carbonyl (C=O) groups is 2. The van der Waals surface area contributed by atoms with Gasteiger partial charge in [-0.1, -0.05) is 0 Å². The Morgan fingerprint density at radius 1 is 0.800 bits per heavy atom. The third-order valence-electron chi connectivity index (χ3n) is 3.68. The van der Waals surface area contributed by atoms with E-state index in [0.29, 0.717) is 0 Å². The van der Waals surface area contributed by atoms with Crippen LogP contribution in [-0.2, 0) is 14.3 Å². The lowest BCUT2D eigenvalue weighted by Crippen LogP contribution is -2.60. The van der Waals surface area contributed by atoms with Gasteiger partial charge in [0.15, 0.2) is 0 Å². The molecule has 5 nitrogen and oxygen atoms in total. The molecule has 0 atom stereocenters. The van der Waals surface area contributed by atoms with Crippen molar-refractivity contribution >= 4 is 11.9 Å². The summed E-state index contributed by atoms with van der Waals surface area (Å²) in [7, 11) is 5.32. The van der Waals surface area contributed by atoms with Crippen molar-refractivity contribution in [2.24, 2.45) is 0 Å². The zero-order valence-electron chi connectivity index (χ0n) is 14.6. The summed E-state index contributed by atoms with van der Waals surface area (Å²) < 4.78 is 5.40. The Balaban J connectivity index is 5.22. The smallest absolute Gasteiger partial charge is 0.331 e. The first kappa shape index (κ1) is 18.9. The summed E-state index contributed by atoms with van der Waals surface area (Å²) in [6.45, 7) is 12.5. The monoisotopic (exact) mass is 286 g/mol. The molecule has 0 rings (SSSR count). The maximum atomic E-state index is 12.6. The van der Waals surface area contributed by atoms with Crippen molar-refractivity contribution < 1.29 is 14.3 Å². The summed E-state index contributed by atoms with van der Waals surface area (Å²) >= 11 is 0. The first-order chi connectivity index (χ1) is 8.64. The molecule has 0 aliphatic carbocycles. The van der Waals surface area contributed by atoms with Crippen molar-refractivity contribution in [3.8, 4) is 0 Å². The van der Waals surface area contributed by atoms with E-state index in [0.717, 1.165) is 0 Å². The second-order valence-corrected chi connectivity index (χ2v) is 7.38. The van der Waals surface area contributed by atoms with E-state index in [4.69, 9.17) is 4.74 Å². The van der Waals surface area contributed by atoms with Crippen LogP contribution in [0.4, 0.5) is 0 Å². The highest BCUT2D eigenvalue weighted by Gasteiger charge is 2.43. The highest BCUT2D eigenvalue weighted by atomic mass is 16.6. The minimum absolute atomic E-state index is 0.127. The lowest BCUT2D eigenvalue weighted by Gasteiger charge is -2.41. The summed E-state index contributed by atoms with van der Waals surface area (Å²) in [4.78, 5) is 28.2. The summed E-state index contributed by atoms with van der Waals surface area (Å²) in [5, 5.41) is 0. The molecule has 0 spiro atoms. The van der Waals surface area contributed by atoms with Crippen LogP contribution in [0.5, 0.6) is 0 Å². The number of rotatable bonds is 4. The predicted molar refractivity (Wildman–Crippen MR) is 80.5 cm³/mol. The summed E-state index contributed by atoms with van der Waals surface area (Å²) in [6.07, 6.45) is 0. The van der Waals surface area contributed by atoms with Crippen LogP contribution in [0.25, 0.3) is 0 Å². The molecular formula is C15H30N2O3. The Kier molecular flexibility index (Phi) is 5.40. The highest BCUT2D eigenvalue weighted by Crippen LogP contribution is 2.23. The standard InChI is InChI=1S/C15H30N2O3/c1-13(2,3)20-12(19)15(6,7)17(10)11(18)14(4,5)16(8)9/h1-10H3. The molecule has 0 saturated heterocycles. The Morgan fingerprint density at radius 2 is 1.20 bits per heavy atom. The van der Waals surface area contributed by atoms with Crippen molar-refractivity contribution in [3.05, 3.63) is 0 Å². The average Bonchev–Trinajstić information content (AvgIpc) is 2.24. The molecule has 0 aliphatic rings. The highest BCUT2D eigenvalue weighted by molar-refractivity contribution is 5.91. The van der Waals surface area contributed by atoms with E-state index >= 15 is 0 Å². The van der Waals surface area contributed by atoms with Crippen molar-refractivity contribution in [2.75, 3.05) is 21.1 Å². The minimum Gasteiger partial charge on any atom is -0.458 e. The average molecular weight is 286 g/mol. The fraction of sp³-hybridized carbons (Fsp3) is 0.867. The van der Waals surface area contributed by atoms with Gasteiger partial charge in [0.05, 0.1) is 5.54 Å². The maximum absolute atomic E-state index is 12.6. The van der Waals surface area contributed by atoms with Crippen molar-refractivity contribution in [1.29, 1.82) is 0 Å². The van der Waals surface area contributed by atoms with Gasteiger partial charge in [-0.2, -0.15) is 0 Å². The first-order valence-electron chi connectivity index (χ1n) is 6.83. The number of nitrogens with zero attached hydrogens (tertiary/aromatic N) is 2. The lowest BCUT2D eigenvalue weighted by atomic mass is 9.96. The van der Waals surface area contributed by atoms with Gasteiger partial charge in [0.1, 0.15) is 11.1 Å². The number of hydrogen-bond acceptors (Lipinski definition) is 4. The van der Waals surface area contributed by atoms with Gasteiger partial charge in [-0.05, 0) is 62.6 Å². The molecule has 0 radical (unpaired) electrons. The lowest BCUT2D eigenvalue weighted by molar-refractivity contribution is -0.172. The second kappa shape index (κ2) is 5.72. The fourth-order valence-corrected chi connectivity index (χ4v) is 1.40.